The van der Waals surface area contributed by atoms with Crippen LogP contribution >= 0.6 is 0 Å². The number of sulfone groups is 1. The lowest BCUT2D eigenvalue weighted by Gasteiger charge is -2.15. The van der Waals surface area contributed by atoms with E-state index in [9.17, 15) is 17.6 Å². The summed E-state index contributed by atoms with van der Waals surface area (Å²) in [4.78, 5) is 12.7. The molecule has 1 heterocycles. The number of aromatic nitrogens is 1. The Balaban J connectivity index is 1.98. The molecular weight excluding hydrogens is 417 g/mol. The number of nitrogens with zero attached hydrogens (tertiary/aromatic N) is 1. The molecule has 7 heteroatoms. The molecule has 0 N–H and O–H groups in total. The third-order valence-electron chi connectivity index (χ3n) is 5.10. The van der Waals surface area contributed by atoms with Crippen molar-refractivity contribution < 1.29 is 17.5 Å². The molecule has 3 aromatic carbocycles. The first kappa shape index (κ1) is 20.8. The Morgan fingerprint density at radius 1 is 1.00 bits per heavy atom. The molecule has 0 saturated heterocycles. The molecule has 0 aliphatic heterocycles. The molecule has 0 aliphatic rings. The summed E-state index contributed by atoms with van der Waals surface area (Å²) in [6, 6.07) is 17.3. The minimum Gasteiger partial charge on any atom is -0.497 e. The smallest absolute Gasteiger partial charge is 0.211 e. The first-order chi connectivity index (χ1) is 14.8. The highest BCUT2D eigenvalue weighted by Gasteiger charge is 2.24. The topological polar surface area (TPSA) is 65.4 Å². The maximum absolute atomic E-state index is 13.3. The predicted molar refractivity (Wildman–Crippen MR) is 117 cm³/mol. The maximum atomic E-state index is 13.3. The van der Waals surface area contributed by atoms with Gasteiger partial charge in [0.2, 0.25) is 15.3 Å². The number of hydrogen-bond donors (Lipinski definition) is 0. The Morgan fingerprint density at radius 2 is 1.74 bits per heavy atom. The molecule has 0 atom stereocenters. The number of methoxy groups -OCH3 is 1. The summed E-state index contributed by atoms with van der Waals surface area (Å²) >= 11 is 0. The van der Waals surface area contributed by atoms with Crippen LogP contribution in [0.5, 0.6) is 5.75 Å². The lowest BCUT2D eigenvalue weighted by atomic mass is 10.1. The molecule has 0 saturated carbocycles. The van der Waals surface area contributed by atoms with Gasteiger partial charge in [0.25, 0.3) is 0 Å². The van der Waals surface area contributed by atoms with E-state index in [0.717, 1.165) is 35.4 Å². The molecule has 0 unspecified atom stereocenters. The molecule has 4 aromatic rings. The van der Waals surface area contributed by atoms with Crippen LogP contribution in [0.4, 0.5) is 4.39 Å². The average molecular weight is 437 g/mol. The summed E-state index contributed by atoms with van der Waals surface area (Å²) in [5.74, 6) is -0.109. The van der Waals surface area contributed by atoms with Crippen LogP contribution in [0.2, 0.25) is 0 Å². The monoisotopic (exact) mass is 437 g/mol. The van der Waals surface area contributed by atoms with Crippen LogP contribution in [0.3, 0.4) is 0 Å². The minimum absolute atomic E-state index is 0.143. The van der Waals surface area contributed by atoms with Crippen molar-refractivity contribution in [2.24, 2.45) is 0 Å². The number of aryl methyl sites for hydroxylation is 1. The molecule has 4 rings (SSSR count). The summed E-state index contributed by atoms with van der Waals surface area (Å²) < 4.78 is 46.8. The van der Waals surface area contributed by atoms with E-state index in [2.05, 4.69) is 0 Å². The zero-order chi connectivity index (χ0) is 22.2. The second-order valence-electron chi connectivity index (χ2n) is 7.28. The number of ether oxygens (including phenoxy) is 1. The van der Waals surface area contributed by atoms with Crippen LogP contribution in [0.1, 0.15) is 11.1 Å². The van der Waals surface area contributed by atoms with Crippen molar-refractivity contribution in [3.8, 4) is 5.75 Å². The molecule has 31 heavy (non-hydrogen) atoms. The zero-order valence-electron chi connectivity index (χ0n) is 17.0. The minimum atomic E-state index is -4.16. The van der Waals surface area contributed by atoms with Crippen molar-refractivity contribution in [1.29, 1.82) is 0 Å². The lowest BCUT2D eigenvalue weighted by Crippen LogP contribution is -2.19. The maximum Gasteiger partial charge on any atom is 0.211 e. The van der Waals surface area contributed by atoms with Crippen molar-refractivity contribution in [3.63, 3.8) is 0 Å². The van der Waals surface area contributed by atoms with Gasteiger partial charge in [-0.25, -0.2) is 12.8 Å². The predicted octanol–water partition coefficient (Wildman–Crippen LogP) is 4.34. The van der Waals surface area contributed by atoms with Crippen molar-refractivity contribution >= 4 is 20.7 Å². The standard InChI is InChI=1S/C24H20FNO4S/c1-16-4-3-5-17(12-16)14-26-15-23(31(28,29)20-9-6-18(25)7-10-20)24(27)21-13-19(30-2)8-11-22(21)26/h3-13,15H,14H2,1-2H3. The van der Waals surface area contributed by atoms with Gasteiger partial charge in [-0.15, -0.1) is 0 Å². The molecule has 5 nitrogen and oxygen atoms in total. The van der Waals surface area contributed by atoms with Gasteiger partial charge in [-0.1, -0.05) is 29.8 Å². The number of pyridine rings is 1. The fraction of sp³-hybridized carbons (Fsp3) is 0.125. The summed E-state index contributed by atoms with van der Waals surface area (Å²) in [6.07, 6.45) is 1.36. The second kappa shape index (κ2) is 8.00. The largest absolute Gasteiger partial charge is 0.497 e. The van der Waals surface area contributed by atoms with E-state index in [1.807, 2.05) is 31.2 Å². The number of rotatable bonds is 5. The Hall–Kier alpha value is -3.45. The molecule has 0 spiro atoms. The van der Waals surface area contributed by atoms with Crippen LogP contribution in [-0.2, 0) is 16.4 Å². The van der Waals surface area contributed by atoms with E-state index in [4.69, 9.17) is 4.74 Å². The highest BCUT2D eigenvalue weighted by molar-refractivity contribution is 7.91. The fourth-order valence-electron chi connectivity index (χ4n) is 3.55. The van der Waals surface area contributed by atoms with E-state index < -0.39 is 21.1 Å². The van der Waals surface area contributed by atoms with E-state index in [-0.39, 0.29) is 15.2 Å². The lowest BCUT2D eigenvalue weighted by molar-refractivity contribution is 0.415. The molecular formula is C24H20FNO4S. The van der Waals surface area contributed by atoms with Crippen molar-refractivity contribution in [2.75, 3.05) is 7.11 Å². The summed E-state index contributed by atoms with van der Waals surface area (Å²) in [6.45, 7) is 2.35. The van der Waals surface area contributed by atoms with Crippen LogP contribution in [-0.4, -0.2) is 20.1 Å². The summed E-state index contributed by atoms with van der Waals surface area (Å²) in [5.41, 5.74) is 2.00. The number of fused-ring (bicyclic) bond motifs is 1. The quantitative estimate of drug-likeness (QED) is 0.436. The van der Waals surface area contributed by atoms with E-state index in [1.54, 1.807) is 16.7 Å². The second-order valence-corrected chi connectivity index (χ2v) is 9.20. The average Bonchev–Trinajstić information content (AvgIpc) is 2.75. The normalized spacial score (nSPS) is 11.6. The van der Waals surface area contributed by atoms with Gasteiger partial charge in [-0.2, -0.15) is 0 Å². The Bertz CT molecular complexity index is 1440. The third kappa shape index (κ3) is 3.96. The van der Waals surface area contributed by atoms with Gasteiger partial charge in [0.1, 0.15) is 16.5 Å². The van der Waals surface area contributed by atoms with Gasteiger partial charge in [-0.3, -0.25) is 4.79 Å². The van der Waals surface area contributed by atoms with E-state index in [1.165, 1.54) is 19.4 Å². The van der Waals surface area contributed by atoms with Crippen molar-refractivity contribution in [2.45, 2.75) is 23.3 Å². The number of benzene rings is 3. The molecule has 0 radical (unpaired) electrons. The third-order valence-corrected chi connectivity index (χ3v) is 6.87. The fourth-order valence-corrected chi connectivity index (χ4v) is 4.92. The van der Waals surface area contributed by atoms with Crippen LogP contribution < -0.4 is 10.2 Å². The first-order valence-electron chi connectivity index (χ1n) is 9.57. The van der Waals surface area contributed by atoms with Crippen LogP contribution in [0, 0.1) is 12.7 Å². The Labute approximate surface area is 179 Å². The summed E-state index contributed by atoms with van der Waals surface area (Å²) in [7, 11) is -2.68. The highest BCUT2D eigenvalue weighted by atomic mass is 32.2. The van der Waals surface area contributed by atoms with Gasteiger partial charge < -0.3 is 9.30 Å². The molecule has 1 aromatic heterocycles. The van der Waals surface area contributed by atoms with Gasteiger partial charge in [0, 0.05) is 12.7 Å². The Morgan fingerprint density at radius 3 is 2.42 bits per heavy atom. The van der Waals surface area contributed by atoms with Gasteiger partial charge in [-0.05, 0) is 55.0 Å². The number of halogens is 1. The highest BCUT2D eigenvalue weighted by Crippen LogP contribution is 2.25. The number of hydrogen-bond acceptors (Lipinski definition) is 4. The zero-order valence-corrected chi connectivity index (χ0v) is 17.8. The summed E-state index contributed by atoms with van der Waals surface area (Å²) in [5, 5.41) is 0.232. The van der Waals surface area contributed by atoms with E-state index >= 15 is 0 Å². The van der Waals surface area contributed by atoms with Crippen molar-refractivity contribution in [3.05, 3.63) is 100 Å². The van der Waals surface area contributed by atoms with Gasteiger partial charge in [0.15, 0.2) is 0 Å². The molecule has 0 aliphatic carbocycles. The first-order valence-corrected chi connectivity index (χ1v) is 11.1. The SMILES string of the molecule is COc1ccc2c(c1)c(=O)c(S(=O)(=O)c1ccc(F)cc1)cn2Cc1cccc(C)c1. The molecule has 0 bridgehead atoms. The Kier molecular flexibility index (Phi) is 5.37. The molecule has 0 fully saturated rings. The molecule has 158 valence electrons. The van der Waals surface area contributed by atoms with Gasteiger partial charge in [0.05, 0.1) is 22.9 Å². The van der Waals surface area contributed by atoms with Gasteiger partial charge >= 0.3 is 0 Å². The van der Waals surface area contributed by atoms with Crippen LogP contribution in [0.25, 0.3) is 10.9 Å². The van der Waals surface area contributed by atoms with E-state index in [0.29, 0.717) is 17.8 Å². The van der Waals surface area contributed by atoms with Crippen molar-refractivity contribution in [1.82, 2.24) is 4.57 Å². The molecule has 0 amide bonds. The van der Waals surface area contributed by atoms with Crippen LogP contribution in [0.15, 0.2) is 87.5 Å².